The van der Waals surface area contributed by atoms with Gasteiger partial charge in [-0.2, -0.15) is 5.26 Å². The van der Waals surface area contributed by atoms with Crippen molar-refractivity contribution >= 4 is 6.21 Å². The zero-order chi connectivity index (χ0) is 8.69. The van der Waals surface area contributed by atoms with E-state index in [0.29, 0.717) is 5.57 Å². The van der Waals surface area contributed by atoms with Gasteiger partial charge in [-0.25, -0.2) is 0 Å². The molecule has 0 aliphatic rings. The lowest BCUT2D eigenvalue weighted by Crippen LogP contribution is -2.02. The zero-order valence-electron chi connectivity index (χ0n) is 6.90. The Morgan fingerprint density at radius 1 is 1.64 bits per heavy atom. The van der Waals surface area contributed by atoms with Crippen molar-refractivity contribution in [3.8, 4) is 6.07 Å². The van der Waals surface area contributed by atoms with Crippen LogP contribution in [0.3, 0.4) is 0 Å². The highest BCUT2D eigenvalue weighted by Crippen LogP contribution is 1.89. The molecular formula is C7H11N3O. The average Bonchev–Trinajstić information content (AvgIpc) is 1.97. The number of oxime groups is 1. The van der Waals surface area contributed by atoms with E-state index in [1.165, 1.54) is 13.3 Å². The quantitative estimate of drug-likeness (QED) is 0.338. The summed E-state index contributed by atoms with van der Waals surface area (Å²) in [6.07, 6.45) is 3.02. The predicted octanol–water partition coefficient (Wildman–Crippen LogP) is 0.588. The molecule has 0 aromatic heterocycles. The Balaban J connectivity index is 4.20. The first-order valence-corrected chi connectivity index (χ1v) is 3.05. The summed E-state index contributed by atoms with van der Waals surface area (Å²) in [5.41, 5.74) is 0.455. The number of hydrogen-bond acceptors (Lipinski definition) is 4. The molecule has 0 fully saturated rings. The minimum atomic E-state index is 0.455. The van der Waals surface area contributed by atoms with Crippen LogP contribution in [0.25, 0.3) is 0 Å². The van der Waals surface area contributed by atoms with Crippen LogP contribution in [0.2, 0.25) is 0 Å². The molecule has 0 aliphatic heterocycles. The van der Waals surface area contributed by atoms with Crippen molar-refractivity contribution < 1.29 is 4.84 Å². The number of rotatable bonds is 3. The molecule has 0 radical (unpaired) electrons. The Morgan fingerprint density at radius 2 is 2.27 bits per heavy atom. The highest BCUT2D eigenvalue weighted by molar-refractivity contribution is 5.82. The summed E-state index contributed by atoms with van der Waals surface area (Å²) in [5, 5.41) is 12.0. The van der Waals surface area contributed by atoms with E-state index >= 15 is 0 Å². The lowest BCUT2D eigenvalue weighted by molar-refractivity contribution is 0.215. The van der Waals surface area contributed by atoms with Crippen LogP contribution in [0.1, 0.15) is 0 Å². The van der Waals surface area contributed by atoms with E-state index in [2.05, 4.69) is 9.99 Å². The van der Waals surface area contributed by atoms with E-state index in [1.807, 2.05) is 20.2 Å². The van der Waals surface area contributed by atoms with Crippen LogP contribution in [0.5, 0.6) is 0 Å². The van der Waals surface area contributed by atoms with Gasteiger partial charge < -0.3 is 9.74 Å². The normalized spacial score (nSPS) is 11.3. The molecule has 4 nitrogen and oxygen atoms in total. The lowest BCUT2D eigenvalue weighted by Gasteiger charge is -2.02. The molecule has 0 unspecified atom stereocenters. The molecule has 0 heterocycles. The highest BCUT2D eigenvalue weighted by atomic mass is 16.6. The third kappa shape index (κ3) is 4.97. The fourth-order valence-corrected chi connectivity index (χ4v) is 0.479. The molecule has 0 aliphatic carbocycles. The Labute approximate surface area is 66.4 Å². The highest BCUT2D eigenvalue weighted by Gasteiger charge is 1.89. The minimum absolute atomic E-state index is 0.455. The Hall–Kier alpha value is -1.50. The SMILES string of the molecule is CO/N=C/C(C#N)=C\N(C)C. The molecule has 0 atom stereocenters. The fraction of sp³-hybridized carbons (Fsp3) is 0.429. The van der Waals surface area contributed by atoms with Gasteiger partial charge in [-0.3, -0.25) is 0 Å². The summed E-state index contributed by atoms with van der Waals surface area (Å²) in [6.45, 7) is 0. The molecule has 0 bridgehead atoms. The van der Waals surface area contributed by atoms with E-state index in [9.17, 15) is 0 Å². The summed E-state index contributed by atoms with van der Waals surface area (Å²) in [4.78, 5) is 6.18. The summed E-state index contributed by atoms with van der Waals surface area (Å²) >= 11 is 0. The van der Waals surface area contributed by atoms with Crippen molar-refractivity contribution in [3.05, 3.63) is 11.8 Å². The van der Waals surface area contributed by atoms with Crippen molar-refractivity contribution in [2.24, 2.45) is 5.16 Å². The van der Waals surface area contributed by atoms with Gasteiger partial charge in [-0.15, -0.1) is 0 Å². The van der Waals surface area contributed by atoms with Crippen molar-refractivity contribution in [3.63, 3.8) is 0 Å². The maximum atomic E-state index is 8.51. The molecule has 0 aromatic rings. The molecule has 0 amide bonds. The molecule has 0 aromatic carbocycles. The topological polar surface area (TPSA) is 48.6 Å². The standard InChI is InChI=1S/C7H11N3O/c1-10(2)6-7(4-8)5-9-11-3/h5-6H,1-3H3/b7-6-,9-5+. The van der Waals surface area contributed by atoms with Gasteiger partial charge in [0.2, 0.25) is 0 Å². The zero-order valence-corrected chi connectivity index (χ0v) is 6.90. The van der Waals surface area contributed by atoms with Gasteiger partial charge in [0.15, 0.2) is 0 Å². The number of allylic oxidation sites excluding steroid dienone is 1. The summed E-state index contributed by atoms with van der Waals surface area (Å²) < 4.78 is 0. The molecule has 0 spiro atoms. The van der Waals surface area contributed by atoms with Crippen LogP contribution in [0.15, 0.2) is 16.9 Å². The second kappa shape index (κ2) is 5.30. The van der Waals surface area contributed by atoms with Crippen LogP contribution in [-0.2, 0) is 4.84 Å². The summed E-state index contributed by atoms with van der Waals surface area (Å²) in [7, 11) is 5.09. The molecule has 4 heteroatoms. The molecule has 11 heavy (non-hydrogen) atoms. The summed E-state index contributed by atoms with van der Waals surface area (Å²) in [5.74, 6) is 0. The van der Waals surface area contributed by atoms with Crippen LogP contribution in [0.4, 0.5) is 0 Å². The van der Waals surface area contributed by atoms with Gasteiger partial charge >= 0.3 is 0 Å². The minimum Gasteiger partial charge on any atom is -0.399 e. The first-order valence-electron chi connectivity index (χ1n) is 3.05. The second-order valence-corrected chi connectivity index (χ2v) is 2.08. The Morgan fingerprint density at radius 3 is 2.64 bits per heavy atom. The molecule has 0 saturated carbocycles. The number of nitrogens with zero attached hydrogens (tertiary/aromatic N) is 3. The fourth-order valence-electron chi connectivity index (χ4n) is 0.479. The first-order chi connectivity index (χ1) is 5.20. The van der Waals surface area contributed by atoms with Gasteiger partial charge in [0.25, 0.3) is 0 Å². The van der Waals surface area contributed by atoms with E-state index < -0.39 is 0 Å². The van der Waals surface area contributed by atoms with Crippen molar-refractivity contribution in [1.82, 2.24) is 4.90 Å². The van der Waals surface area contributed by atoms with E-state index in [0.717, 1.165) is 0 Å². The lowest BCUT2D eigenvalue weighted by atomic mass is 10.3. The van der Waals surface area contributed by atoms with Gasteiger partial charge in [0.1, 0.15) is 13.2 Å². The van der Waals surface area contributed by atoms with Gasteiger partial charge in [-0.1, -0.05) is 5.16 Å². The van der Waals surface area contributed by atoms with Gasteiger partial charge in [-0.05, 0) is 0 Å². The molecule has 60 valence electrons. The van der Waals surface area contributed by atoms with E-state index in [-0.39, 0.29) is 0 Å². The summed E-state index contributed by atoms with van der Waals surface area (Å²) in [6, 6.07) is 1.96. The Kier molecular flexibility index (Phi) is 4.58. The van der Waals surface area contributed by atoms with Gasteiger partial charge in [0.05, 0.1) is 11.8 Å². The molecule has 0 N–H and O–H groups in total. The van der Waals surface area contributed by atoms with E-state index in [4.69, 9.17) is 5.26 Å². The molecule has 0 saturated heterocycles. The van der Waals surface area contributed by atoms with Crippen molar-refractivity contribution in [2.45, 2.75) is 0 Å². The second-order valence-electron chi connectivity index (χ2n) is 2.08. The first kappa shape index (κ1) is 9.50. The van der Waals surface area contributed by atoms with Gasteiger partial charge in [0, 0.05) is 20.3 Å². The van der Waals surface area contributed by atoms with Crippen LogP contribution in [0, 0.1) is 11.3 Å². The number of nitriles is 1. The third-order valence-corrected chi connectivity index (χ3v) is 0.824. The number of hydrogen-bond donors (Lipinski definition) is 0. The largest absolute Gasteiger partial charge is 0.399 e. The Bertz CT molecular complexity index is 200. The third-order valence-electron chi connectivity index (χ3n) is 0.824. The van der Waals surface area contributed by atoms with Crippen LogP contribution in [-0.4, -0.2) is 32.3 Å². The van der Waals surface area contributed by atoms with Crippen molar-refractivity contribution in [1.29, 1.82) is 5.26 Å². The van der Waals surface area contributed by atoms with Crippen molar-refractivity contribution in [2.75, 3.05) is 21.2 Å². The smallest absolute Gasteiger partial charge is 0.106 e. The average molecular weight is 153 g/mol. The maximum absolute atomic E-state index is 8.51. The van der Waals surface area contributed by atoms with Crippen LogP contribution < -0.4 is 0 Å². The predicted molar refractivity (Wildman–Crippen MR) is 42.9 cm³/mol. The molecule has 0 rings (SSSR count). The van der Waals surface area contributed by atoms with E-state index in [1.54, 1.807) is 11.1 Å². The monoisotopic (exact) mass is 153 g/mol. The molecular weight excluding hydrogens is 142 g/mol. The maximum Gasteiger partial charge on any atom is 0.106 e. The van der Waals surface area contributed by atoms with Crippen LogP contribution >= 0.6 is 0 Å².